The largest absolute Gasteiger partial charge is 0.493 e. The lowest BCUT2D eigenvalue weighted by molar-refractivity contribution is 0.271. The Hall–Kier alpha value is -0.980. The minimum Gasteiger partial charge on any atom is -0.493 e. The summed E-state index contributed by atoms with van der Waals surface area (Å²) in [5.74, 6) is 1.50. The highest BCUT2D eigenvalue weighted by Gasteiger charge is 1.95. The van der Waals surface area contributed by atoms with Gasteiger partial charge in [-0.1, -0.05) is 26.0 Å². The fourth-order valence-corrected chi connectivity index (χ4v) is 0.849. The quantitative estimate of drug-likeness (QED) is 0.665. The zero-order valence-corrected chi connectivity index (χ0v) is 7.71. The van der Waals surface area contributed by atoms with Crippen molar-refractivity contribution in [1.82, 2.24) is 0 Å². The van der Waals surface area contributed by atoms with E-state index in [1.807, 2.05) is 24.3 Å². The number of hydrogen-bond donors (Lipinski definition) is 0. The molecular weight excluding hydrogens is 148 g/mol. The van der Waals surface area contributed by atoms with Crippen LogP contribution in [0, 0.1) is 12.8 Å². The number of ether oxygens (including phenoxy) is 1. The van der Waals surface area contributed by atoms with Gasteiger partial charge in [0.1, 0.15) is 5.75 Å². The Morgan fingerprint density at radius 1 is 1.25 bits per heavy atom. The average Bonchev–Trinajstić information content (AvgIpc) is 2.03. The van der Waals surface area contributed by atoms with E-state index < -0.39 is 0 Å². The van der Waals surface area contributed by atoms with Crippen LogP contribution in [0.15, 0.2) is 24.3 Å². The van der Waals surface area contributed by atoms with Crippen molar-refractivity contribution >= 4 is 0 Å². The molecule has 0 saturated carbocycles. The molecule has 0 aliphatic heterocycles. The average molecular weight is 163 g/mol. The summed E-state index contributed by atoms with van der Waals surface area (Å²) in [6.45, 7) is 8.84. The summed E-state index contributed by atoms with van der Waals surface area (Å²) >= 11 is 0. The Labute approximate surface area is 74.4 Å². The van der Waals surface area contributed by atoms with Crippen LogP contribution >= 0.6 is 0 Å². The van der Waals surface area contributed by atoms with E-state index in [0.717, 1.165) is 17.9 Å². The van der Waals surface area contributed by atoms with Crippen LogP contribution in [0.4, 0.5) is 0 Å². The first kappa shape index (κ1) is 9.11. The zero-order valence-electron chi connectivity index (χ0n) is 7.71. The van der Waals surface area contributed by atoms with Crippen LogP contribution in [-0.4, -0.2) is 6.61 Å². The number of rotatable bonds is 3. The summed E-state index contributed by atoms with van der Waals surface area (Å²) in [5, 5.41) is 0. The van der Waals surface area contributed by atoms with Crippen LogP contribution in [0.1, 0.15) is 19.4 Å². The molecule has 0 atom stereocenters. The van der Waals surface area contributed by atoms with Gasteiger partial charge in [-0.05, 0) is 30.5 Å². The van der Waals surface area contributed by atoms with Crippen molar-refractivity contribution < 1.29 is 4.74 Å². The van der Waals surface area contributed by atoms with Crippen molar-refractivity contribution in [2.45, 2.75) is 13.8 Å². The van der Waals surface area contributed by atoms with Crippen LogP contribution in [0.25, 0.3) is 0 Å². The van der Waals surface area contributed by atoms with Crippen molar-refractivity contribution in [2.24, 2.45) is 5.92 Å². The molecule has 1 nitrogen and oxygen atoms in total. The third kappa shape index (κ3) is 2.95. The maximum absolute atomic E-state index is 5.49. The topological polar surface area (TPSA) is 9.23 Å². The van der Waals surface area contributed by atoms with Gasteiger partial charge in [0.25, 0.3) is 0 Å². The predicted molar refractivity (Wildman–Crippen MR) is 51.2 cm³/mol. The first-order chi connectivity index (χ1) is 5.68. The van der Waals surface area contributed by atoms with Gasteiger partial charge < -0.3 is 4.74 Å². The van der Waals surface area contributed by atoms with Gasteiger partial charge in [0, 0.05) is 0 Å². The molecule has 1 rings (SSSR count). The Bertz CT molecular complexity index is 223. The van der Waals surface area contributed by atoms with Gasteiger partial charge in [0.15, 0.2) is 0 Å². The Balaban J connectivity index is 2.48. The molecule has 1 aromatic carbocycles. The summed E-state index contributed by atoms with van der Waals surface area (Å²) in [5.41, 5.74) is 1.02. The normalized spacial score (nSPS) is 10.3. The molecule has 12 heavy (non-hydrogen) atoms. The van der Waals surface area contributed by atoms with Gasteiger partial charge in [0.05, 0.1) is 6.61 Å². The smallest absolute Gasteiger partial charge is 0.119 e. The van der Waals surface area contributed by atoms with Crippen molar-refractivity contribution in [3.63, 3.8) is 0 Å². The molecule has 65 valence electrons. The van der Waals surface area contributed by atoms with Crippen molar-refractivity contribution in [2.75, 3.05) is 6.61 Å². The lowest BCUT2D eigenvalue weighted by Gasteiger charge is -2.08. The zero-order chi connectivity index (χ0) is 8.97. The fourth-order valence-electron chi connectivity index (χ4n) is 0.849. The van der Waals surface area contributed by atoms with Crippen LogP contribution in [0.2, 0.25) is 0 Å². The van der Waals surface area contributed by atoms with E-state index in [1.165, 1.54) is 0 Å². The number of benzene rings is 1. The van der Waals surface area contributed by atoms with Gasteiger partial charge in [-0.3, -0.25) is 0 Å². The second-order valence-electron chi connectivity index (χ2n) is 3.35. The van der Waals surface area contributed by atoms with Gasteiger partial charge in [-0.2, -0.15) is 0 Å². The maximum atomic E-state index is 5.49. The first-order valence-electron chi connectivity index (χ1n) is 4.23. The summed E-state index contributed by atoms with van der Waals surface area (Å²) < 4.78 is 5.49. The van der Waals surface area contributed by atoms with Crippen LogP contribution in [0.5, 0.6) is 5.75 Å². The molecule has 0 bridgehead atoms. The fraction of sp³-hybridized carbons (Fsp3) is 0.364. The van der Waals surface area contributed by atoms with E-state index in [9.17, 15) is 0 Å². The molecule has 0 unspecified atom stereocenters. The Morgan fingerprint density at radius 3 is 2.33 bits per heavy atom. The third-order valence-electron chi connectivity index (χ3n) is 1.51. The summed E-state index contributed by atoms with van der Waals surface area (Å²) in [7, 11) is 0. The second kappa shape index (κ2) is 4.15. The minimum absolute atomic E-state index is 0.574. The van der Waals surface area contributed by atoms with E-state index >= 15 is 0 Å². The summed E-state index contributed by atoms with van der Waals surface area (Å²) in [6, 6.07) is 7.81. The van der Waals surface area contributed by atoms with Gasteiger partial charge in [-0.25, -0.2) is 0 Å². The molecule has 1 aromatic rings. The molecule has 0 aromatic heterocycles. The SMILES string of the molecule is [CH2]c1ccc(OCC(C)C)cc1. The predicted octanol–water partition coefficient (Wildman–Crippen LogP) is 2.90. The first-order valence-corrected chi connectivity index (χ1v) is 4.23. The summed E-state index contributed by atoms with van der Waals surface area (Å²) in [6.07, 6.45) is 0. The summed E-state index contributed by atoms with van der Waals surface area (Å²) in [4.78, 5) is 0. The maximum Gasteiger partial charge on any atom is 0.119 e. The monoisotopic (exact) mass is 163 g/mol. The van der Waals surface area contributed by atoms with Crippen LogP contribution in [0.3, 0.4) is 0 Å². The molecule has 0 heterocycles. The van der Waals surface area contributed by atoms with E-state index in [0.29, 0.717) is 5.92 Å². The Kier molecular flexibility index (Phi) is 3.15. The molecule has 0 saturated heterocycles. The van der Waals surface area contributed by atoms with Crippen LogP contribution < -0.4 is 4.74 Å². The molecule has 0 aliphatic rings. The van der Waals surface area contributed by atoms with Crippen molar-refractivity contribution in [1.29, 1.82) is 0 Å². The van der Waals surface area contributed by atoms with Gasteiger partial charge >= 0.3 is 0 Å². The highest BCUT2D eigenvalue weighted by Crippen LogP contribution is 2.12. The molecule has 0 aliphatic carbocycles. The van der Waals surface area contributed by atoms with Crippen LogP contribution in [-0.2, 0) is 0 Å². The van der Waals surface area contributed by atoms with Gasteiger partial charge in [0.2, 0.25) is 0 Å². The highest BCUT2D eigenvalue weighted by atomic mass is 16.5. The molecular formula is C11H15O. The third-order valence-corrected chi connectivity index (χ3v) is 1.51. The van der Waals surface area contributed by atoms with Crippen molar-refractivity contribution in [3.05, 3.63) is 36.8 Å². The van der Waals surface area contributed by atoms with Gasteiger partial charge in [-0.15, -0.1) is 0 Å². The lowest BCUT2D eigenvalue weighted by atomic mass is 10.2. The highest BCUT2D eigenvalue weighted by molar-refractivity contribution is 5.28. The second-order valence-corrected chi connectivity index (χ2v) is 3.35. The van der Waals surface area contributed by atoms with E-state index in [4.69, 9.17) is 4.74 Å². The van der Waals surface area contributed by atoms with E-state index in [2.05, 4.69) is 20.8 Å². The molecule has 0 N–H and O–H groups in total. The minimum atomic E-state index is 0.574. The van der Waals surface area contributed by atoms with E-state index in [1.54, 1.807) is 0 Å². The molecule has 0 spiro atoms. The van der Waals surface area contributed by atoms with E-state index in [-0.39, 0.29) is 0 Å². The number of hydrogen-bond acceptors (Lipinski definition) is 1. The lowest BCUT2D eigenvalue weighted by Crippen LogP contribution is -2.04. The standard InChI is InChI=1S/C11H15O/c1-9(2)8-12-11-6-4-10(3)5-7-11/h4-7,9H,3,8H2,1-2H3. The Morgan fingerprint density at radius 2 is 1.83 bits per heavy atom. The molecule has 0 fully saturated rings. The van der Waals surface area contributed by atoms with Crippen molar-refractivity contribution in [3.8, 4) is 5.75 Å². The molecule has 1 heteroatoms. The molecule has 1 radical (unpaired) electrons. The molecule has 0 amide bonds.